The minimum Gasteiger partial charge on any atom is -0.351 e. The molecule has 40 heavy (non-hydrogen) atoms. The van der Waals surface area contributed by atoms with Crippen LogP contribution in [0.4, 0.5) is 11.4 Å². The molecule has 2 aromatic heterocycles. The summed E-state index contributed by atoms with van der Waals surface area (Å²) in [6, 6.07) is 19.0. The number of aromatic nitrogens is 2. The summed E-state index contributed by atoms with van der Waals surface area (Å²) in [5.74, 6) is -0.252. The second-order valence-corrected chi connectivity index (χ2v) is 11.6. The Balaban J connectivity index is 1.66. The third-order valence-corrected chi connectivity index (χ3v) is 8.34. The lowest BCUT2D eigenvalue weighted by Crippen LogP contribution is -2.30. The van der Waals surface area contributed by atoms with E-state index >= 15 is 0 Å². The highest BCUT2D eigenvalue weighted by molar-refractivity contribution is 7.80. The topological polar surface area (TPSA) is 62.2 Å². The number of pyridine rings is 1. The summed E-state index contributed by atoms with van der Waals surface area (Å²) < 4.78 is 2.24. The Kier molecular flexibility index (Phi) is 7.91. The SMILES string of the molecule is Cc1c([C@@H]2[C@H](c3ccccn3)NC(=S)N2c2ccc(NC(=O)C(C)C)c(Cl)c2)c(C)n(-c2cccc(Cl)c2)c1C. The van der Waals surface area contributed by atoms with Crippen LogP contribution in [0.3, 0.4) is 0 Å². The van der Waals surface area contributed by atoms with Gasteiger partial charge in [-0.05, 0) is 87.1 Å². The van der Waals surface area contributed by atoms with Gasteiger partial charge in [-0.2, -0.15) is 0 Å². The van der Waals surface area contributed by atoms with E-state index in [1.807, 2.05) is 68.4 Å². The standard InChI is InChI=1S/C31H31Cl2N5OS/c1-17(2)30(39)35-25-13-12-23(16-24(25)33)38-29(28(36-31(38)40)26-11-6-7-14-34-26)27-18(3)19(4)37(20(27)5)22-10-8-9-21(32)15-22/h6-17,28-29H,1-5H3,(H,35,39)(H,36,40)/t28-,29+/m0/s1. The van der Waals surface area contributed by atoms with Gasteiger partial charge in [-0.25, -0.2) is 0 Å². The van der Waals surface area contributed by atoms with Crippen LogP contribution in [-0.2, 0) is 4.79 Å². The average molecular weight is 593 g/mol. The Morgan fingerprint density at radius 2 is 1.77 bits per heavy atom. The smallest absolute Gasteiger partial charge is 0.226 e. The highest BCUT2D eigenvalue weighted by Gasteiger charge is 2.43. The molecular weight excluding hydrogens is 561 g/mol. The van der Waals surface area contributed by atoms with Crippen LogP contribution in [0.25, 0.3) is 5.69 Å². The van der Waals surface area contributed by atoms with Crippen molar-refractivity contribution in [3.8, 4) is 5.69 Å². The molecule has 4 aromatic rings. The maximum absolute atomic E-state index is 12.3. The molecule has 6 nitrogen and oxygen atoms in total. The second-order valence-electron chi connectivity index (χ2n) is 10.3. The van der Waals surface area contributed by atoms with E-state index in [0.29, 0.717) is 20.8 Å². The predicted molar refractivity (Wildman–Crippen MR) is 168 cm³/mol. The minimum atomic E-state index is -0.214. The zero-order valence-corrected chi connectivity index (χ0v) is 25.3. The van der Waals surface area contributed by atoms with E-state index in [0.717, 1.165) is 39.6 Å². The first-order chi connectivity index (χ1) is 19.1. The van der Waals surface area contributed by atoms with E-state index in [1.165, 1.54) is 0 Å². The molecule has 206 valence electrons. The number of nitrogens with zero attached hydrogens (tertiary/aromatic N) is 3. The molecule has 1 aliphatic rings. The molecule has 0 saturated carbocycles. The van der Waals surface area contributed by atoms with Gasteiger partial charge in [0.15, 0.2) is 5.11 Å². The number of hydrogen-bond donors (Lipinski definition) is 2. The van der Waals surface area contributed by atoms with Crippen molar-refractivity contribution in [3.05, 3.63) is 105 Å². The molecule has 0 bridgehead atoms. The van der Waals surface area contributed by atoms with Crippen LogP contribution in [0.1, 0.15) is 54.1 Å². The van der Waals surface area contributed by atoms with E-state index in [4.69, 9.17) is 40.4 Å². The third-order valence-electron chi connectivity index (χ3n) is 7.48. The lowest BCUT2D eigenvalue weighted by atomic mass is 9.93. The van der Waals surface area contributed by atoms with E-state index in [-0.39, 0.29) is 23.9 Å². The molecule has 1 amide bonds. The molecule has 1 aliphatic heterocycles. The van der Waals surface area contributed by atoms with Gasteiger partial charge in [-0.1, -0.05) is 49.2 Å². The number of amides is 1. The number of anilines is 2. The average Bonchev–Trinajstić information content (AvgIpc) is 3.37. The molecule has 3 heterocycles. The summed E-state index contributed by atoms with van der Waals surface area (Å²) in [4.78, 5) is 19.1. The van der Waals surface area contributed by atoms with E-state index in [2.05, 4.69) is 46.9 Å². The molecule has 0 aliphatic carbocycles. The summed E-state index contributed by atoms with van der Waals surface area (Å²) in [5.41, 5.74) is 7.79. The van der Waals surface area contributed by atoms with Crippen molar-refractivity contribution >= 4 is 57.8 Å². The first-order valence-corrected chi connectivity index (χ1v) is 14.3. The lowest BCUT2D eigenvalue weighted by molar-refractivity contribution is -0.118. The molecular formula is C31H31Cl2N5OS. The second kappa shape index (κ2) is 11.2. The van der Waals surface area contributed by atoms with Crippen molar-refractivity contribution in [2.24, 2.45) is 5.92 Å². The van der Waals surface area contributed by atoms with Gasteiger partial charge < -0.3 is 20.1 Å². The number of halogens is 2. The number of carbonyl (C=O) groups excluding carboxylic acids is 1. The number of thiocarbonyl (C=S) groups is 1. The summed E-state index contributed by atoms with van der Waals surface area (Å²) in [7, 11) is 0. The van der Waals surface area contributed by atoms with Gasteiger partial charge in [0.05, 0.1) is 28.5 Å². The van der Waals surface area contributed by atoms with E-state index < -0.39 is 0 Å². The Morgan fingerprint density at radius 1 is 1.00 bits per heavy atom. The van der Waals surface area contributed by atoms with Crippen LogP contribution in [0.15, 0.2) is 66.9 Å². The largest absolute Gasteiger partial charge is 0.351 e. The summed E-state index contributed by atoms with van der Waals surface area (Å²) in [5, 5.41) is 8.13. The van der Waals surface area contributed by atoms with Gasteiger partial charge >= 0.3 is 0 Å². The Bertz CT molecular complexity index is 1600. The fourth-order valence-corrected chi connectivity index (χ4v) is 6.16. The Labute approximate surface area is 250 Å². The first kappa shape index (κ1) is 28.1. The van der Waals surface area contributed by atoms with Crippen molar-refractivity contribution in [2.45, 2.75) is 46.7 Å². The van der Waals surface area contributed by atoms with Gasteiger partial charge in [0.25, 0.3) is 0 Å². The number of hydrogen-bond acceptors (Lipinski definition) is 3. The highest BCUT2D eigenvalue weighted by Crippen LogP contribution is 2.46. The molecule has 5 rings (SSSR count). The maximum Gasteiger partial charge on any atom is 0.226 e. The number of nitrogens with one attached hydrogen (secondary N) is 2. The molecule has 0 spiro atoms. The van der Waals surface area contributed by atoms with Crippen LogP contribution in [0.5, 0.6) is 0 Å². The highest BCUT2D eigenvalue weighted by atomic mass is 35.5. The fourth-order valence-electron chi connectivity index (χ4n) is 5.40. The summed E-state index contributed by atoms with van der Waals surface area (Å²) in [6.07, 6.45) is 1.80. The van der Waals surface area contributed by atoms with Crippen molar-refractivity contribution < 1.29 is 4.79 Å². The molecule has 2 aromatic carbocycles. The predicted octanol–water partition coefficient (Wildman–Crippen LogP) is 7.88. The maximum atomic E-state index is 12.3. The monoisotopic (exact) mass is 591 g/mol. The number of carbonyl (C=O) groups is 1. The molecule has 1 saturated heterocycles. The van der Waals surface area contributed by atoms with Gasteiger partial charge in [0, 0.05) is 45.5 Å². The molecule has 9 heteroatoms. The quantitative estimate of drug-likeness (QED) is 0.223. The minimum absolute atomic E-state index is 0.0924. The molecule has 0 unspecified atom stereocenters. The van der Waals surface area contributed by atoms with Crippen LogP contribution in [0.2, 0.25) is 10.0 Å². The number of benzene rings is 2. The summed E-state index contributed by atoms with van der Waals surface area (Å²) in [6.45, 7) is 10.1. The Hall–Kier alpha value is -3.39. The van der Waals surface area contributed by atoms with E-state index in [1.54, 1.807) is 6.20 Å². The molecule has 2 N–H and O–H groups in total. The molecule has 1 fully saturated rings. The first-order valence-electron chi connectivity index (χ1n) is 13.1. The number of rotatable bonds is 6. The van der Waals surface area contributed by atoms with Crippen LogP contribution in [-0.4, -0.2) is 20.6 Å². The summed E-state index contributed by atoms with van der Waals surface area (Å²) >= 11 is 19.0. The van der Waals surface area contributed by atoms with Gasteiger partial charge in [-0.3, -0.25) is 9.78 Å². The van der Waals surface area contributed by atoms with Crippen molar-refractivity contribution in [3.63, 3.8) is 0 Å². The zero-order chi connectivity index (χ0) is 28.7. The van der Waals surface area contributed by atoms with Crippen molar-refractivity contribution in [1.29, 1.82) is 0 Å². The van der Waals surface area contributed by atoms with Gasteiger partial charge in [0.1, 0.15) is 0 Å². The van der Waals surface area contributed by atoms with Crippen LogP contribution >= 0.6 is 35.4 Å². The van der Waals surface area contributed by atoms with Gasteiger partial charge in [-0.15, -0.1) is 0 Å². The van der Waals surface area contributed by atoms with Crippen molar-refractivity contribution in [1.82, 2.24) is 14.9 Å². The molecule has 2 atom stereocenters. The zero-order valence-electron chi connectivity index (χ0n) is 23.0. The van der Waals surface area contributed by atoms with Crippen molar-refractivity contribution in [2.75, 3.05) is 10.2 Å². The van der Waals surface area contributed by atoms with Crippen LogP contribution < -0.4 is 15.5 Å². The van der Waals surface area contributed by atoms with Crippen LogP contribution in [0, 0.1) is 26.7 Å². The van der Waals surface area contributed by atoms with E-state index in [9.17, 15) is 4.79 Å². The third kappa shape index (κ3) is 5.09. The fraction of sp³-hybridized carbons (Fsp3) is 0.258. The normalized spacial score (nSPS) is 16.9. The van der Waals surface area contributed by atoms with Gasteiger partial charge in [0.2, 0.25) is 5.91 Å². The lowest BCUT2D eigenvalue weighted by Gasteiger charge is -2.29. The Morgan fingerprint density at radius 3 is 2.42 bits per heavy atom. The molecule has 0 radical (unpaired) electrons.